The molecule has 3 atom stereocenters. The van der Waals surface area contributed by atoms with Gasteiger partial charge in [0.25, 0.3) is 11.3 Å². The van der Waals surface area contributed by atoms with Crippen molar-refractivity contribution in [3.05, 3.63) is 32.6 Å². The molecule has 9 heteroatoms. The first-order valence-electron chi connectivity index (χ1n) is 6.82. The Kier molecular flexibility index (Phi) is 4.50. The number of carbonyl (C=O) groups is 1. The minimum Gasteiger partial charge on any atom is -0.462 e. The van der Waals surface area contributed by atoms with Crippen molar-refractivity contribution < 1.29 is 24.5 Å². The molecule has 2 rings (SSSR count). The number of nitrogens with one attached hydrogen (secondary N) is 1. The summed E-state index contributed by atoms with van der Waals surface area (Å²) in [6.07, 6.45) is -1.30. The molecule has 1 aromatic heterocycles. The molecule has 1 fully saturated rings. The SMILES string of the molecule is CCOC(=O)[C@]1(n2cc(C)c(=O)[nH]c2=O)C[C@H](O)[C@@H](CO)O1. The predicted octanol–water partition coefficient (Wildman–Crippen LogP) is -1.80. The van der Waals surface area contributed by atoms with E-state index in [0.717, 1.165) is 4.57 Å². The second-order valence-corrected chi connectivity index (χ2v) is 5.06. The summed E-state index contributed by atoms with van der Waals surface area (Å²) in [4.78, 5) is 38.0. The molecule has 0 aromatic carbocycles. The van der Waals surface area contributed by atoms with Crippen LogP contribution in [0, 0.1) is 6.92 Å². The van der Waals surface area contributed by atoms with Crippen LogP contribution in [0.4, 0.5) is 0 Å². The molecule has 2 heterocycles. The highest BCUT2D eigenvalue weighted by atomic mass is 16.6. The Labute approximate surface area is 125 Å². The third-order valence-corrected chi connectivity index (χ3v) is 3.54. The summed E-state index contributed by atoms with van der Waals surface area (Å²) >= 11 is 0. The molecule has 1 aliphatic heterocycles. The molecule has 0 aliphatic carbocycles. The lowest BCUT2D eigenvalue weighted by molar-refractivity contribution is -0.188. The molecular formula is C13H18N2O7. The molecule has 22 heavy (non-hydrogen) atoms. The van der Waals surface area contributed by atoms with Gasteiger partial charge in [-0.2, -0.15) is 0 Å². The lowest BCUT2D eigenvalue weighted by Gasteiger charge is -2.28. The summed E-state index contributed by atoms with van der Waals surface area (Å²) < 4.78 is 11.3. The van der Waals surface area contributed by atoms with Crippen LogP contribution in [-0.4, -0.2) is 51.2 Å². The number of nitrogens with zero attached hydrogens (tertiary/aromatic N) is 1. The van der Waals surface area contributed by atoms with E-state index in [9.17, 15) is 24.6 Å². The molecule has 1 aliphatic rings. The van der Waals surface area contributed by atoms with Gasteiger partial charge in [0.2, 0.25) is 0 Å². The van der Waals surface area contributed by atoms with Gasteiger partial charge < -0.3 is 19.7 Å². The Balaban J connectivity index is 2.61. The third kappa shape index (κ3) is 2.58. The first-order valence-corrected chi connectivity index (χ1v) is 6.82. The van der Waals surface area contributed by atoms with Crippen LogP contribution in [0.25, 0.3) is 0 Å². The van der Waals surface area contributed by atoms with Crippen molar-refractivity contribution in [2.45, 2.75) is 38.2 Å². The molecule has 0 spiro atoms. The summed E-state index contributed by atoms with van der Waals surface area (Å²) in [5.41, 5.74) is -3.18. The van der Waals surface area contributed by atoms with E-state index in [4.69, 9.17) is 9.47 Å². The average molecular weight is 314 g/mol. The van der Waals surface area contributed by atoms with Gasteiger partial charge in [-0.1, -0.05) is 0 Å². The van der Waals surface area contributed by atoms with E-state index < -0.39 is 41.8 Å². The maximum Gasteiger partial charge on any atom is 0.360 e. The Morgan fingerprint density at radius 2 is 2.27 bits per heavy atom. The Morgan fingerprint density at radius 1 is 1.59 bits per heavy atom. The van der Waals surface area contributed by atoms with Crippen molar-refractivity contribution >= 4 is 5.97 Å². The number of hydrogen-bond acceptors (Lipinski definition) is 7. The number of esters is 1. The minimum atomic E-state index is -1.92. The Morgan fingerprint density at radius 3 is 2.82 bits per heavy atom. The minimum absolute atomic E-state index is 0.0426. The lowest BCUT2D eigenvalue weighted by Crippen LogP contribution is -2.50. The van der Waals surface area contributed by atoms with Gasteiger partial charge in [0.15, 0.2) is 0 Å². The summed E-state index contributed by atoms with van der Waals surface area (Å²) in [7, 11) is 0. The van der Waals surface area contributed by atoms with Gasteiger partial charge in [0, 0.05) is 18.2 Å². The van der Waals surface area contributed by atoms with Crippen molar-refractivity contribution in [1.82, 2.24) is 9.55 Å². The quantitative estimate of drug-likeness (QED) is 0.559. The predicted molar refractivity (Wildman–Crippen MR) is 73.2 cm³/mol. The van der Waals surface area contributed by atoms with Gasteiger partial charge in [-0.25, -0.2) is 9.59 Å². The van der Waals surface area contributed by atoms with Crippen LogP contribution < -0.4 is 11.2 Å². The summed E-state index contributed by atoms with van der Waals surface area (Å²) in [5.74, 6) is -0.876. The fourth-order valence-electron chi connectivity index (χ4n) is 2.41. The zero-order chi connectivity index (χ0) is 16.5. The van der Waals surface area contributed by atoms with Crippen LogP contribution in [0.2, 0.25) is 0 Å². The maximum atomic E-state index is 12.3. The standard InChI is InChI=1S/C13H18N2O7/c1-3-21-11(19)13(4-8(17)9(6-16)22-13)15-5-7(2)10(18)14-12(15)20/h5,8-9,16-17H,3-4,6H2,1-2H3,(H,14,18,20)/t8-,9+,13-/m0/s1. The van der Waals surface area contributed by atoms with Gasteiger partial charge in [-0.15, -0.1) is 0 Å². The number of aryl methyl sites for hydroxylation is 1. The zero-order valence-corrected chi connectivity index (χ0v) is 12.2. The number of ether oxygens (including phenoxy) is 2. The van der Waals surface area contributed by atoms with Crippen molar-refractivity contribution in [3.63, 3.8) is 0 Å². The number of aliphatic hydroxyl groups is 2. The highest BCUT2D eigenvalue weighted by Gasteiger charge is 2.54. The maximum absolute atomic E-state index is 12.3. The van der Waals surface area contributed by atoms with E-state index >= 15 is 0 Å². The van der Waals surface area contributed by atoms with Gasteiger partial charge in [0.05, 0.1) is 19.3 Å². The first-order chi connectivity index (χ1) is 10.4. The molecule has 9 nitrogen and oxygen atoms in total. The van der Waals surface area contributed by atoms with E-state index in [1.165, 1.54) is 13.1 Å². The highest BCUT2D eigenvalue weighted by molar-refractivity contribution is 5.77. The molecule has 0 radical (unpaired) electrons. The second-order valence-electron chi connectivity index (χ2n) is 5.06. The number of aliphatic hydroxyl groups excluding tert-OH is 2. The molecule has 1 saturated heterocycles. The van der Waals surface area contributed by atoms with Gasteiger partial charge >= 0.3 is 11.7 Å². The van der Waals surface area contributed by atoms with Gasteiger partial charge in [-0.05, 0) is 13.8 Å². The number of H-pyrrole nitrogens is 1. The lowest BCUT2D eigenvalue weighted by atomic mass is 10.1. The van der Waals surface area contributed by atoms with E-state index in [2.05, 4.69) is 4.98 Å². The molecule has 122 valence electrons. The van der Waals surface area contributed by atoms with Crippen LogP contribution in [-0.2, 0) is 20.0 Å². The third-order valence-electron chi connectivity index (χ3n) is 3.54. The Bertz CT molecular complexity index is 680. The normalized spacial score (nSPS) is 27.8. The monoisotopic (exact) mass is 314 g/mol. The number of carbonyl (C=O) groups excluding carboxylic acids is 1. The van der Waals surface area contributed by atoms with Gasteiger partial charge in [0.1, 0.15) is 6.10 Å². The number of rotatable bonds is 4. The van der Waals surface area contributed by atoms with Crippen molar-refractivity contribution in [2.75, 3.05) is 13.2 Å². The molecule has 0 amide bonds. The highest BCUT2D eigenvalue weighted by Crippen LogP contribution is 2.35. The second kappa shape index (κ2) is 6.03. The van der Waals surface area contributed by atoms with E-state index in [1.807, 2.05) is 0 Å². The van der Waals surface area contributed by atoms with Crippen LogP contribution in [0.15, 0.2) is 15.8 Å². The molecule has 0 bridgehead atoms. The molecule has 1 aromatic rings. The fraction of sp³-hybridized carbons (Fsp3) is 0.615. The Hall–Kier alpha value is -1.97. The van der Waals surface area contributed by atoms with Crippen molar-refractivity contribution in [3.8, 4) is 0 Å². The van der Waals surface area contributed by atoms with Crippen LogP contribution in [0.3, 0.4) is 0 Å². The average Bonchev–Trinajstić information content (AvgIpc) is 2.81. The van der Waals surface area contributed by atoms with Crippen molar-refractivity contribution in [2.24, 2.45) is 0 Å². The van der Waals surface area contributed by atoms with Crippen LogP contribution in [0.1, 0.15) is 18.9 Å². The van der Waals surface area contributed by atoms with Crippen molar-refractivity contribution in [1.29, 1.82) is 0 Å². The van der Waals surface area contributed by atoms with Gasteiger partial charge in [-0.3, -0.25) is 14.3 Å². The first kappa shape index (κ1) is 16.4. The molecular weight excluding hydrogens is 296 g/mol. The largest absolute Gasteiger partial charge is 0.462 e. The molecule has 0 saturated carbocycles. The van der Waals surface area contributed by atoms with E-state index in [-0.39, 0.29) is 18.6 Å². The van der Waals surface area contributed by atoms with E-state index in [0.29, 0.717) is 0 Å². The number of aromatic nitrogens is 2. The number of hydrogen-bond donors (Lipinski definition) is 3. The van der Waals surface area contributed by atoms with Crippen LogP contribution in [0.5, 0.6) is 0 Å². The topological polar surface area (TPSA) is 131 Å². The van der Waals surface area contributed by atoms with E-state index in [1.54, 1.807) is 6.92 Å². The summed E-state index contributed by atoms with van der Waals surface area (Å²) in [5, 5.41) is 19.2. The summed E-state index contributed by atoms with van der Waals surface area (Å²) in [6, 6.07) is 0. The summed E-state index contributed by atoms with van der Waals surface area (Å²) in [6.45, 7) is 2.56. The molecule has 0 unspecified atom stereocenters. The fourth-order valence-corrected chi connectivity index (χ4v) is 2.41. The van der Waals surface area contributed by atoms with Crippen LogP contribution >= 0.6 is 0 Å². The zero-order valence-electron chi connectivity index (χ0n) is 12.2. The number of aromatic amines is 1. The smallest absolute Gasteiger partial charge is 0.360 e. The molecule has 3 N–H and O–H groups in total.